The van der Waals surface area contributed by atoms with Crippen molar-refractivity contribution < 1.29 is 9.53 Å². The van der Waals surface area contributed by atoms with E-state index in [-0.39, 0.29) is 5.97 Å². The molecule has 0 radical (unpaired) electrons. The monoisotopic (exact) mass is 235 g/mol. The predicted octanol–water partition coefficient (Wildman–Crippen LogP) is 2.29. The topological polar surface area (TPSA) is 52.3 Å². The fraction of sp³-hybridized carbons (Fsp3) is 0.500. The minimum absolute atomic E-state index is 0.283. The van der Waals surface area contributed by atoms with Gasteiger partial charge in [-0.25, -0.2) is 0 Å². The lowest BCUT2D eigenvalue weighted by atomic mass is 10.1. The summed E-state index contributed by atoms with van der Waals surface area (Å²) in [6, 6.07) is 9.51. The fourth-order valence-electron chi connectivity index (χ4n) is 1.51. The maximum Gasteiger partial charge on any atom is 0.322 e. The Morgan fingerprint density at radius 2 is 2.06 bits per heavy atom. The number of carbonyl (C=O) groups excluding carboxylic acids is 1. The molecule has 0 bridgehead atoms. The quantitative estimate of drug-likeness (QED) is 0.582. The molecule has 0 heterocycles. The number of unbranched alkanes of at least 4 members (excludes halogenated alkanes) is 1. The molecule has 1 rings (SSSR count). The van der Waals surface area contributed by atoms with E-state index in [0.717, 1.165) is 19.3 Å². The Balaban J connectivity index is 2.24. The highest BCUT2D eigenvalue weighted by Gasteiger charge is 2.14. The van der Waals surface area contributed by atoms with Crippen LogP contribution in [0, 0.1) is 0 Å². The number of nitrogens with two attached hydrogens (primary N) is 1. The number of esters is 1. The minimum Gasteiger partial charge on any atom is -0.465 e. The second kappa shape index (κ2) is 7.85. The molecule has 3 heteroatoms. The van der Waals surface area contributed by atoms with E-state index in [0.29, 0.717) is 13.0 Å². The maximum atomic E-state index is 11.5. The van der Waals surface area contributed by atoms with Gasteiger partial charge < -0.3 is 10.5 Å². The number of hydrogen-bond donors (Lipinski definition) is 1. The molecule has 0 aliphatic carbocycles. The molecule has 0 saturated heterocycles. The first-order valence-electron chi connectivity index (χ1n) is 6.20. The van der Waals surface area contributed by atoms with Gasteiger partial charge in [0.15, 0.2) is 0 Å². The second-order valence-corrected chi connectivity index (χ2v) is 4.15. The Hall–Kier alpha value is -1.35. The summed E-state index contributed by atoms with van der Waals surface area (Å²) in [7, 11) is 0. The van der Waals surface area contributed by atoms with Gasteiger partial charge in [-0.15, -0.1) is 0 Å². The maximum absolute atomic E-state index is 11.5. The van der Waals surface area contributed by atoms with Crippen LogP contribution in [0.1, 0.15) is 31.7 Å². The van der Waals surface area contributed by atoms with Crippen molar-refractivity contribution >= 4 is 5.97 Å². The molecule has 1 aromatic rings. The highest BCUT2D eigenvalue weighted by atomic mass is 16.5. The first-order chi connectivity index (χ1) is 8.24. The van der Waals surface area contributed by atoms with E-state index >= 15 is 0 Å². The second-order valence-electron chi connectivity index (χ2n) is 4.15. The molecule has 0 amide bonds. The molecule has 94 valence electrons. The molecule has 0 saturated carbocycles. The van der Waals surface area contributed by atoms with Crippen molar-refractivity contribution in [3.63, 3.8) is 0 Å². The average molecular weight is 235 g/mol. The van der Waals surface area contributed by atoms with Gasteiger partial charge in [0.05, 0.1) is 6.61 Å². The molecule has 0 aliphatic rings. The van der Waals surface area contributed by atoms with Crippen molar-refractivity contribution in [2.24, 2.45) is 5.73 Å². The summed E-state index contributed by atoms with van der Waals surface area (Å²) in [4.78, 5) is 11.5. The molecule has 0 spiro atoms. The molecule has 3 nitrogen and oxygen atoms in total. The number of rotatable bonds is 7. The van der Waals surface area contributed by atoms with Crippen molar-refractivity contribution in [1.29, 1.82) is 0 Å². The van der Waals surface area contributed by atoms with Gasteiger partial charge in [0, 0.05) is 0 Å². The number of aryl methyl sites for hydroxylation is 1. The third-order valence-corrected chi connectivity index (χ3v) is 2.63. The van der Waals surface area contributed by atoms with E-state index in [1.807, 2.05) is 30.3 Å². The summed E-state index contributed by atoms with van der Waals surface area (Å²) in [5, 5.41) is 0. The van der Waals surface area contributed by atoms with Crippen LogP contribution in [0.15, 0.2) is 30.3 Å². The van der Waals surface area contributed by atoms with Crippen LogP contribution in [0.5, 0.6) is 0 Å². The third-order valence-electron chi connectivity index (χ3n) is 2.63. The first kappa shape index (κ1) is 13.7. The van der Waals surface area contributed by atoms with Crippen molar-refractivity contribution in [2.75, 3.05) is 6.61 Å². The molecule has 1 aromatic carbocycles. The molecule has 2 N–H and O–H groups in total. The lowest BCUT2D eigenvalue weighted by Gasteiger charge is -2.11. The van der Waals surface area contributed by atoms with Crippen molar-refractivity contribution in [3.8, 4) is 0 Å². The largest absolute Gasteiger partial charge is 0.465 e. The van der Waals surface area contributed by atoms with E-state index in [4.69, 9.17) is 10.5 Å². The molecule has 0 aliphatic heterocycles. The summed E-state index contributed by atoms with van der Waals surface area (Å²) in [6.45, 7) is 2.54. The molecular formula is C14H21NO2. The summed E-state index contributed by atoms with van der Waals surface area (Å²) in [5.41, 5.74) is 6.97. The van der Waals surface area contributed by atoms with Gasteiger partial charge in [-0.05, 0) is 24.8 Å². The van der Waals surface area contributed by atoms with Crippen molar-refractivity contribution in [3.05, 3.63) is 35.9 Å². The number of benzene rings is 1. The van der Waals surface area contributed by atoms with Crippen molar-refractivity contribution in [2.45, 2.75) is 38.6 Å². The SMILES string of the molecule is CCCCOC(=O)[C@@H](N)CCc1ccccc1. The minimum atomic E-state index is -0.507. The van der Waals surface area contributed by atoms with E-state index in [9.17, 15) is 4.79 Å². The lowest BCUT2D eigenvalue weighted by Crippen LogP contribution is -2.33. The third kappa shape index (κ3) is 5.50. The Morgan fingerprint density at radius 3 is 2.71 bits per heavy atom. The Labute approximate surface area is 103 Å². The molecule has 17 heavy (non-hydrogen) atoms. The Kier molecular flexibility index (Phi) is 6.33. The van der Waals surface area contributed by atoms with E-state index in [1.165, 1.54) is 5.56 Å². The highest BCUT2D eigenvalue weighted by Crippen LogP contribution is 2.05. The van der Waals surface area contributed by atoms with Crippen LogP contribution in [-0.4, -0.2) is 18.6 Å². The van der Waals surface area contributed by atoms with E-state index < -0.39 is 6.04 Å². The van der Waals surface area contributed by atoms with Crippen LogP contribution in [-0.2, 0) is 16.0 Å². The van der Waals surface area contributed by atoms with E-state index in [2.05, 4.69) is 6.92 Å². The smallest absolute Gasteiger partial charge is 0.322 e. The van der Waals surface area contributed by atoms with Crippen LogP contribution in [0.4, 0.5) is 0 Å². The van der Waals surface area contributed by atoms with Crippen LogP contribution in [0.2, 0.25) is 0 Å². The van der Waals surface area contributed by atoms with Crippen molar-refractivity contribution in [1.82, 2.24) is 0 Å². The molecule has 0 fully saturated rings. The van der Waals surface area contributed by atoms with Gasteiger partial charge in [-0.1, -0.05) is 43.7 Å². The average Bonchev–Trinajstić information content (AvgIpc) is 2.37. The summed E-state index contributed by atoms with van der Waals surface area (Å²) >= 11 is 0. The summed E-state index contributed by atoms with van der Waals surface area (Å²) in [5.74, 6) is -0.283. The predicted molar refractivity (Wildman–Crippen MR) is 68.6 cm³/mol. The van der Waals surface area contributed by atoms with Gasteiger partial charge in [0.25, 0.3) is 0 Å². The first-order valence-corrected chi connectivity index (χ1v) is 6.20. The van der Waals surface area contributed by atoms with Crippen LogP contribution >= 0.6 is 0 Å². The number of carbonyl (C=O) groups is 1. The fourth-order valence-corrected chi connectivity index (χ4v) is 1.51. The highest BCUT2D eigenvalue weighted by molar-refractivity contribution is 5.75. The lowest BCUT2D eigenvalue weighted by molar-refractivity contribution is -0.145. The standard InChI is InChI=1S/C14H21NO2/c1-2-3-11-17-14(16)13(15)10-9-12-7-5-4-6-8-12/h4-8,13H,2-3,9-11,15H2,1H3/t13-/m0/s1. The molecule has 1 atom stereocenters. The normalized spacial score (nSPS) is 12.1. The van der Waals surface area contributed by atoms with Crippen LogP contribution in [0.25, 0.3) is 0 Å². The molecular weight excluding hydrogens is 214 g/mol. The summed E-state index contributed by atoms with van der Waals surface area (Å²) in [6.07, 6.45) is 3.36. The van der Waals surface area contributed by atoms with Gasteiger partial charge in [0.1, 0.15) is 6.04 Å². The number of ether oxygens (including phenoxy) is 1. The number of hydrogen-bond acceptors (Lipinski definition) is 3. The zero-order valence-electron chi connectivity index (χ0n) is 10.4. The molecule has 0 unspecified atom stereocenters. The van der Waals surface area contributed by atoms with Gasteiger partial charge in [0.2, 0.25) is 0 Å². The van der Waals surface area contributed by atoms with Crippen LogP contribution in [0.3, 0.4) is 0 Å². The zero-order chi connectivity index (χ0) is 12.5. The molecule has 0 aromatic heterocycles. The van der Waals surface area contributed by atoms with Gasteiger partial charge in [-0.3, -0.25) is 4.79 Å². The zero-order valence-corrected chi connectivity index (χ0v) is 10.4. The Bertz CT molecular complexity index is 324. The van der Waals surface area contributed by atoms with E-state index in [1.54, 1.807) is 0 Å². The van der Waals surface area contributed by atoms with Gasteiger partial charge >= 0.3 is 5.97 Å². The Morgan fingerprint density at radius 1 is 1.35 bits per heavy atom. The van der Waals surface area contributed by atoms with Crippen LogP contribution < -0.4 is 5.73 Å². The van der Waals surface area contributed by atoms with Gasteiger partial charge in [-0.2, -0.15) is 0 Å². The summed E-state index contributed by atoms with van der Waals surface area (Å²) < 4.78 is 5.07.